The second-order valence-corrected chi connectivity index (χ2v) is 9.71. The van der Waals surface area contributed by atoms with Crippen molar-refractivity contribution in [3.8, 4) is 5.75 Å². The van der Waals surface area contributed by atoms with E-state index in [1.54, 1.807) is 24.3 Å². The summed E-state index contributed by atoms with van der Waals surface area (Å²) >= 11 is 1.27. The van der Waals surface area contributed by atoms with Crippen LogP contribution in [0.15, 0.2) is 47.4 Å². The van der Waals surface area contributed by atoms with Gasteiger partial charge in [0.25, 0.3) is 0 Å². The van der Waals surface area contributed by atoms with E-state index < -0.39 is 10.1 Å². The molecule has 1 saturated heterocycles. The Balaban J connectivity index is 1.47. The molecule has 8 nitrogen and oxygen atoms in total. The van der Waals surface area contributed by atoms with Crippen molar-refractivity contribution in [2.45, 2.75) is 24.2 Å². The summed E-state index contributed by atoms with van der Waals surface area (Å²) in [4.78, 5) is 16.6. The Morgan fingerprint density at radius 3 is 2.77 bits per heavy atom. The minimum Gasteiger partial charge on any atom is -0.398 e. The number of carbonyl (C=O) groups is 1. The molecule has 0 saturated carbocycles. The number of nitrogens with zero attached hydrogens (tertiary/aromatic N) is 1. The largest absolute Gasteiger partial charge is 0.398 e. The predicted octanol–water partition coefficient (Wildman–Crippen LogP) is 2.97. The third-order valence-electron chi connectivity index (χ3n) is 4.93. The second kappa shape index (κ2) is 8.58. The molecule has 0 aliphatic carbocycles. The number of nitrogen functional groups attached to an aromatic ring is 1. The monoisotopic (exact) mass is 446 g/mol. The van der Waals surface area contributed by atoms with Crippen LogP contribution in [0.5, 0.6) is 5.75 Å². The van der Waals surface area contributed by atoms with Gasteiger partial charge >= 0.3 is 10.1 Å². The van der Waals surface area contributed by atoms with E-state index in [0.29, 0.717) is 27.7 Å². The molecule has 30 heavy (non-hydrogen) atoms. The molecule has 158 valence electrons. The molecule has 0 spiro atoms. The molecule has 1 fully saturated rings. The van der Waals surface area contributed by atoms with Gasteiger partial charge in [0.1, 0.15) is 10.6 Å². The normalized spacial score (nSPS) is 15.2. The maximum Gasteiger partial charge on any atom is 0.341 e. The van der Waals surface area contributed by atoms with Crippen molar-refractivity contribution in [3.05, 3.63) is 42.5 Å². The number of thiazole rings is 1. The standard InChI is InChI=1S/C20H22N4O4S2/c21-15-3-1-2-4-18(15)30(26,27)28-14-5-6-16-17(12-14)29-20(23-16)24-19(25)11-13-7-9-22-10-8-13/h1-6,12-13,22H,7-11,21H2,(H,23,24,25). The highest BCUT2D eigenvalue weighted by Crippen LogP contribution is 2.31. The molecule has 2 heterocycles. The van der Waals surface area contributed by atoms with E-state index in [4.69, 9.17) is 9.92 Å². The van der Waals surface area contributed by atoms with Gasteiger partial charge in [-0.25, -0.2) is 4.98 Å². The Bertz CT molecular complexity index is 1170. The van der Waals surface area contributed by atoms with Crippen molar-refractivity contribution in [1.29, 1.82) is 0 Å². The van der Waals surface area contributed by atoms with Crippen LogP contribution < -0.4 is 20.6 Å². The molecule has 4 rings (SSSR count). The van der Waals surface area contributed by atoms with E-state index in [1.807, 2.05) is 0 Å². The van der Waals surface area contributed by atoms with E-state index >= 15 is 0 Å². The number of nitrogens with one attached hydrogen (secondary N) is 2. The molecule has 3 aromatic rings. The highest BCUT2D eigenvalue weighted by molar-refractivity contribution is 7.87. The summed E-state index contributed by atoms with van der Waals surface area (Å²) in [6.45, 7) is 1.89. The Hall–Kier alpha value is -2.69. The summed E-state index contributed by atoms with van der Waals surface area (Å²) in [7, 11) is -4.06. The maximum absolute atomic E-state index is 12.5. The lowest BCUT2D eigenvalue weighted by molar-refractivity contribution is -0.117. The van der Waals surface area contributed by atoms with E-state index in [0.717, 1.165) is 25.9 Å². The molecular weight excluding hydrogens is 424 g/mol. The minimum atomic E-state index is -4.06. The number of aromatic nitrogens is 1. The molecule has 10 heteroatoms. The third-order valence-corrected chi connectivity index (χ3v) is 7.19. The van der Waals surface area contributed by atoms with Crippen molar-refractivity contribution in [2.24, 2.45) is 5.92 Å². The first-order valence-corrected chi connectivity index (χ1v) is 11.8. The van der Waals surface area contributed by atoms with Gasteiger partial charge < -0.3 is 20.6 Å². The summed E-state index contributed by atoms with van der Waals surface area (Å²) in [5.41, 5.74) is 6.53. The van der Waals surface area contributed by atoms with E-state index in [2.05, 4.69) is 15.6 Å². The van der Waals surface area contributed by atoms with Crippen LogP contribution in [-0.4, -0.2) is 32.4 Å². The van der Waals surface area contributed by atoms with Gasteiger partial charge in [-0.3, -0.25) is 4.79 Å². The number of fused-ring (bicyclic) bond motifs is 1. The summed E-state index contributed by atoms with van der Waals surface area (Å²) in [6, 6.07) is 10.9. The highest BCUT2D eigenvalue weighted by atomic mass is 32.2. The van der Waals surface area contributed by atoms with Crippen molar-refractivity contribution in [1.82, 2.24) is 10.3 Å². The molecule has 1 aliphatic heterocycles. The molecule has 0 bridgehead atoms. The van der Waals surface area contributed by atoms with Crippen molar-refractivity contribution < 1.29 is 17.4 Å². The fraction of sp³-hybridized carbons (Fsp3) is 0.300. The number of benzene rings is 2. The van der Waals surface area contributed by atoms with Crippen LogP contribution in [0.25, 0.3) is 10.2 Å². The number of anilines is 2. The molecule has 1 aromatic heterocycles. The zero-order chi connectivity index (χ0) is 21.1. The van der Waals surface area contributed by atoms with Crippen LogP contribution in [0, 0.1) is 5.92 Å². The van der Waals surface area contributed by atoms with E-state index in [9.17, 15) is 13.2 Å². The van der Waals surface area contributed by atoms with Gasteiger partial charge in [-0.15, -0.1) is 0 Å². The van der Waals surface area contributed by atoms with Gasteiger partial charge in [0.15, 0.2) is 5.13 Å². The van der Waals surface area contributed by atoms with E-state index in [-0.39, 0.29) is 22.2 Å². The topological polar surface area (TPSA) is 123 Å². The third kappa shape index (κ3) is 4.72. The number of para-hydroxylation sites is 1. The number of amides is 1. The first-order valence-electron chi connectivity index (χ1n) is 9.61. The average molecular weight is 447 g/mol. The Morgan fingerprint density at radius 2 is 2.00 bits per heavy atom. The summed E-state index contributed by atoms with van der Waals surface area (Å²) in [6.07, 6.45) is 2.46. The Morgan fingerprint density at radius 1 is 1.23 bits per heavy atom. The average Bonchev–Trinajstić information content (AvgIpc) is 3.10. The zero-order valence-electron chi connectivity index (χ0n) is 16.1. The Kier molecular flexibility index (Phi) is 5.89. The predicted molar refractivity (Wildman–Crippen MR) is 117 cm³/mol. The van der Waals surface area contributed by atoms with Gasteiger partial charge in [-0.05, 0) is 56.1 Å². The van der Waals surface area contributed by atoms with Crippen molar-refractivity contribution >= 4 is 48.4 Å². The number of nitrogens with two attached hydrogens (primary N) is 1. The van der Waals surface area contributed by atoms with Crippen molar-refractivity contribution in [3.63, 3.8) is 0 Å². The molecule has 4 N–H and O–H groups in total. The first-order chi connectivity index (χ1) is 14.4. The smallest absolute Gasteiger partial charge is 0.341 e. The molecule has 1 aliphatic rings. The van der Waals surface area contributed by atoms with Gasteiger partial charge in [0.2, 0.25) is 5.91 Å². The molecule has 0 atom stereocenters. The molecule has 1 amide bonds. The summed E-state index contributed by atoms with van der Waals surface area (Å²) in [5, 5.41) is 6.62. The summed E-state index contributed by atoms with van der Waals surface area (Å²) < 4.78 is 31.0. The van der Waals surface area contributed by atoms with Gasteiger partial charge in [0, 0.05) is 12.5 Å². The maximum atomic E-state index is 12.5. The number of carbonyl (C=O) groups excluding carboxylic acids is 1. The van der Waals surface area contributed by atoms with Crippen LogP contribution in [-0.2, 0) is 14.9 Å². The van der Waals surface area contributed by atoms with Gasteiger partial charge in [-0.2, -0.15) is 8.42 Å². The SMILES string of the molecule is Nc1ccccc1S(=O)(=O)Oc1ccc2nc(NC(=O)CC3CCNCC3)sc2c1. The lowest BCUT2D eigenvalue weighted by atomic mass is 9.94. The van der Waals surface area contributed by atoms with Crippen LogP contribution in [0.2, 0.25) is 0 Å². The first kappa shape index (κ1) is 20.6. The van der Waals surface area contributed by atoms with Gasteiger partial charge in [0.05, 0.1) is 15.9 Å². The molecular formula is C20H22N4O4S2. The zero-order valence-corrected chi connectivity index (χ0v) is 17.8. The lowest BCUT2D eigenvalue weighted by Crippen LogP contribution is -2.30. The summed E-state index contributed by atoms with van der Waals surface area (Å²) in [5.74, 6) is 0.484. The van der Waals surface area contributed by atoms with Crippen LogP contribution in [0.4, 0.5) is 10.8 Å². The van der Waals surface area contributed by atoms with Crippen LogP contribution >= 0.6 is 11.3 Å². The Labute approximate surface area is 178 Å². The fourth-order valence-corrected chi connectivity index (χ4v) is 5.37. The van der Waals surface area contributed by atoms with E-state index in [1.165, 1.54) is 29.5 Å². The number of hydrogen-bond acceptors (Lipinski definition) is 8. The minimum absolute atomic E-state index is 0.0560. The second-order valence-electron chi connectivity index (χ2n) is 7.17. The number of rotatable bonds is 6. The highest BCUT2D eigenvalue weighted by Gasteiger charge is 2.21. The number of hydrogen-bond donors (Lipinski definition) is 3. The van der Waals surface area contributed by atoms with Crippen LogP contribution in [0.3, 0.4) is 0 Å². The quantitative estimate of drug-likeness (QED) is 0.393. The fourth-order valence-electron chi connectivity index (χ4n) is 3.41. The number of piperidine rings is 1. The van der Waals surface area contributed by atoms with Crippen molar-refractivity contribution in [2.75, 3.05) is 24.1 Å². The molecule has 2 aromatic carbocycles. The van der Waals surface area contributed by atoms with Gasteiger partial charge in [-0.1, -0.05) is 23.5 Å². The lowest BCUT2D eigenvalue weighted by Gasteiger charge is -2.21. The molecule has 0 radical (unpaired) electrons. The molecule has 0 unspecified atom stereocenters. The van der Waals surface area contributed by atoms with Crippen LogP contribution in [0.1, 0.15) is 19.3 Å².